The van der Waals surface area contributed by atoms with Gasteiger partial charge in [-0.2, -0.15) is 0 Å². The van der Waals surface area contributed by atoms with Crippen molar-refractivity contribution in [3.63, 3.8) is 0 Å². The van der Waals surface area contributed by atoms with Gasteiger partial charge in [0.1, 0.15) is 0 Å². The lowest BCUT2D eigenvalue weighted by Gasteiger charge is -2.20. The third-order valence-corrected chi connectivity index (χ3v) is 3.47. The van der Waals surface area contributed by atoms with Crippen molar-refractivity contribution in [3.05, 3.63) is 17.7 Å². The molecule has 0 saturated heterocycles. The van der Waals surface area contributed by atoms with E-state index in [1.54, 1.807) is 21.3 Å². The van der Waals surface area contributed by atoms with Crippen molar-refractivity contribution in [1.29, 1.82) is 0 Å². The summed E-state index contributed by atoms with van der Waals surface area (Å²) in [6.07, 6.45) is 0.908. The van der Waals surface area contributed by atoms with Gasteiger partial charge in [0.05, 0.1) is 21.3 Å². The zero-order valence-corrected chi connectivity index (χ0v) is 12.5. The number of hydrogen-bond donors (Lipinski definition) is 1. The summed E-state index contributed by atoms with van der Waals surface area (Å²) in [7, 11) is 4.87. The molecule has 1 unspecified atom stereocenters. The van der Waals surface area contributed by atoms with E-state index in [1.165, 1.54) is 0 Å². The lowest BCUT2D eigenvalue weighted by molar-refractivity contribution is 0.322. The largest absolute Gasteiger partial charge is 0.493 e. The minimum absolute atomic E-state index is 0.447. The van der Waals surface area contributed by atoms with Crippen molar-refractivity contribution in [2.75, 3.05) is 27.9 Å². The van der Waals surface area contributed by atoms with Gasteiger partial charge in [0.15, 0.2) is 11.5 Å². The molecule has 4 nitrogen and oxygen atoms in total. The Kier molecular flexibility index (Phi) is 5.96. The summed E-state index contributed by atoms with van der Waals surface area (Å²) in [5, 5.41) is 0. The Morgan fingerprint density at radius 2 is 1.53 bits per heavy atom. The lowest BCUT2D eigenvalue weighted by Crippen LogP contribution is -2.22. The molecule has 0 spiro atoms. The molecular weight excluding hydrogens is 242 g/mol. The van der Waals surface area contributed by atoms with Gasteiger partial charge in [-0.3, -0.25) is 0 Å². The van der Waals surface area contributed by atoms with E-state index in [-0.39, 0.29) is 0 Å². The average Bonchev–Trinajstić information content (AvgIpc) is 2.42. The fourth-order valence-corrected chi connectivity index (χ4v) is 2.15. The molecule has 1 aromatic rings. The molecular formula is C15H25NO3. The minimum atomic E-state index is 0.447. The van der Waals surface area contributed by atoms with Gasteiger partial charge in [-0.1, -0.05) is 13.8 Å². The number of methoxy groups -OCH3 is 3. The number of ether oxygens (including phenoxy) is 3. The Morgan fingerprint density at radius 3 is 1.84 bits per heavy atom. The molecule has 0 aliphatic rings. The molecule has 2 N–H and O–H groups in total. The van der Waals surface area contributed by atoms with E-state index in [4.69, 9.17) is 19.9 Å². The van der Waals surface area contributed by atoms with Crippen LogP contribution in [-0.2, 0) is 6.42 Å². The van der Waals surface area contributed by atoms with Crippen molar-refractivity contribution in [2.24, 2.45) is 17.6 Å². The summed E-state index contributed by atoms with van der Waals surface area (Å²) in [6.45, 7) is 5.05. The smallest absolute Gasteiger partial charge is 0.203 e. The van der Waals surface area contributed by atoms with E-state index in [0.717, 1.165) is 12.0 Å². The first-order valence-corrected chi connectivity index (χ1v) is 6.56. The highest BCUT2D eigenvalue weighted by Crippen LogP contribution is 2.38. The number of rotatable bonds is 7. The Morgan fingerprint density at radius 1 is 1.00 bits per heavy atom. The Hall–Kier alpha value is -1.42. The van der Waals surface area contributed by atoms with Crippen molar-refractivity contribution in [2.45, 2.75) is 20.3 Å². The third-order valence-electron chi connectivity index (χ3n) is 3.47. The zero-order valence-electron chi connectivity index (χ0n) is 12.5. The maximum absolute atomic E-state index is 5.83. The SMILES string of the molecule is COc1cc(CC(CN)C(C)C)cc(OC)c1OC. The van der Waals surface area contributed by atoms with Crippen molar-refractivity contribution in [3.8, 4) is 17.2 Å². The summed E-state index contributed by atoms with van der Waals surface area (Å²) in [5.74, 6) is 3.00. The highest BCUT2D eigenvalue weighted by atomic mass is 16.5. The molecule has 0 amide bonds. The molecule has 0 aromatic heterocycles. The van der Waals surface area contributed by atoms with Gasteiger partial charge in [0.2, 0.25) is 5.75 Å². The number of benzene rings is 1. The van der Waals surface area contributed by atoms with E-state index < -0.39 is 0 Å². The second-order valence-corrected chi connectivity index (χ2v) is 4.98. The quantitative estimate of drug-likeness (QED) is 0.824. The lowest BCUT2D eigenvalue weighted by atomic mass is 9.89. The molecule has 0 aliphatic carbocycles. The van der Waals surface area contributed by atoms with Gasteiger partial charge in [0, 0.05) is 0 Å². The Labute approximate surface area is 115 Å². The van der Waals surface area contributed by atoms with Gasteiger partial charge in [-0.25, -0.2) is 0 Å². The molecule has 0 radical (unpaired) electrons. The van der Waals surface area contributed by atoms with Crippen molar-refractivity contribution >= 4 is 0 Å². The summed E-state index contributed by atoms with van der Waals surface area (Å²) in [5.41, 5.74) is 6.98. The Bertz CT molecular complexity index is 379. The van der Waals surface area contributed by atoms with Crippen LogP contribution >= 0.6 is 0 Å². The van der Waals surface area contributed by atoms with E-state index in [1.807, 2.05) is 12.1 Å². The van der Waals surface area contributed by atoms with Gasteiger partial charge in [0.25, 0.3) is 0 Å². The van der Waals surface area contributed by atoms with Crippen LogP contribution in [-0.4, -0.2) is 27.9 Å². The first kappa shape index (κ1) is 15.6. The predicted octanol–water partition coefficient (Wildman–Crippen LogP) is 2.49. The van der Waals surface area contributed by atoms with Gasteiger partial charge >= 0.3 is 0 Å². The summed E-state index contributed by atoms with van der Waals surface area (Å²) >= 11 is 0. The molecule has 4 heteroatoms. The van der Waals surface area contributed by atoms with Crippen molar-refractivity contribution < 1.29 is 14.2 Å². The molecule has 0 bridgehead atoms. The summed E-state index contributed by atoms with van der Waals surface area (Å²) in [6, 6.07) is 3.98. The fraction of sp³-hybridized carbons (Fsp3) is 0.600. The molecule has 1 atom stereocenters. The van der Waals surface area contributed by atoms with Gasteiger partial charge < -0.3 is 19.9 Å². The standard InChI is InChI=1S/C15H25NO3/c1-10(2)12(9-16)6-11-7-13(17-3)15(19-5)14(8-11)18-4/h7-8,10,12H,6,9,16H2,1-5H3. The van der Waals surface area contributed by atoms with Crippen LogP contribution in [0, 0.1) is 11.8 Å². The minimum Gasteiger partial charge on any atom is -0.493 e. The van der Waals surface area contributed by atoms with Crippen LogP contribution in [0.25, 0.3) is 0 Å². The highest BCUT2D eigenvalue weighted by Gasteiger charge is 2.17. The number of nitrogens with two attached hydrogens (primary N) is 1. The van der Waals surface area contributed by atoms with Gasteiger partial charge in [-0.05, 0) is 42.5 Å². The molecule has 0 saturated carbocycles. The van der Waals surface area contributed by atoms with E-state index in [9.17, 15) is 0 Å². The second kappa shape index (κ2) is 7.24. The normalized spacial score (nSPS) is 12.4. The molecule has 0 fully saturated rings. The molecule has 19 heavy (non-hydrogen) atoms. The molecule has 0 aliphatic heterocycles. The van der Waals surface area contributed by atoms with Crippen LogP contribution in [0.4, 0.5) is 0 Å². The van der Waals surface area contributed by atoms with Crippen LogP contribution in [0.5, 0.6) is 17.2 Å². The van der Waals surface area contributed by atoms with Crippen LogP contribution < -0.4 is 19.9 Å². The van der Waals surface area contributed by atoms with Gasteiger partial charge in [-0.15, -0.1) is 0 Å². The highest BCUT2D eigenvalue weighted by molar-refractivity contribution is 5.53. The molecule has 0 heterocycles. The number of hydrogen-bond acceptors (Lipinski definition) is 4. The molecule has 108 valence electrons. The van der Waals surface area contributed by atoms with Crippen LogP contribution in [0.1, 0.15) is 19.4 Å². The third kappa shape index (κ3) is 3.77. The van der Waals surface area contributed by atoms with E-state index >= 15 is 0 Å². The first-order chi connectivity index (χ1) is 9.07. The van der Waals surface area contributed by atoms with Crippen LogP contribution in [0.15, 0.2) is 12.1 Å². The summed E-state index contributed by atoms with van der Waals surface area (Å²) < 4.78 is 16.0. The monoisotopic (exact) mass is 267 g/mol. The first-order valence-electron chi connectivity index (χ1n) is 6.56. The fourth-order valence-electron chi connectivity index (χ4n) is 2.15. The van der Waals surface area contributed by atoms with E-state index in [0.29, 0.717) is 35.6 Å². The van der Waals surface area contributed by atoms with Crippen LogP contribution in [0.2, 0.25) is 0 Å². The molecule has 1 rings (SSSR count). The maximum atomic E-state index is 5.83. The van der Waals surface area contributed by atoms with Crippen LogP contribution in [0.3, 0.4) is 0 Å². The second-order valence-electron chi connectivity index (χ2n) is 4.98. The van der Waals surface area contributed by atoms with Crippen molar-refractivity contribution in [1.82, 2.24) is 0 Å². The predicted molar refractivity (Wildman–Crippen MR) is 77.2 cm³/mol. The Balaban J connectivity index is 3.08. The summed E-state index contributed by atoms with van der Waals surface area (Å²) in [4.78, 5) is 0. The average molecular weight is 267 g/mol. The van der Waals surface area contributed by atoms with E-state index in [2.05, 4.69) is 13.8 Å². The topological polar surface area (TPSA) is 53.7 Å². The maximum Gasteiger partial charge on any atom is 0.203 e. The molecule has 1 aromatic carbocycles. The zero-order chi connectivity index (χ0) is 14.4.